The number of carbonyl (C=O) groups is 1. The highest BCUT2D eigenvalue weighted by Crippen LogP contribution is 2.26. The Balaban J connectivity index is 3.13. The SMILES string of the molecule is Cc1cc(C)c(NC(N)=O)c(Cl)c1. The molecule has 0 aliphatic carbocycles. The quantitative estimate of drug-likeness (QED) is 0.716. The van der Waals surface area contributed by atoms with Gasteiger partial charge in [-0.3, -0.25) is 0 Å². The number of anilines is 1. The molecular formula is C9H11ClN2O. The maximum atomic E-state index is 10.6. The molecule has 4 heteroatoms. The molecule has 0 aliphatic heterocycles. The van der Waals surface area contributed by atoms with E-state index in [0.29, 0.717) is 10.7 Å². The highest BCUT2D eigenvalue weighted by atomic mass is 35.5. The molecule has 0 bridgehead atoms. The van der Waals surface area contributed by atoms with Crippen molar-refractivity contribution in [1.82, 2.24) is 0 Å². The van der Waals surface area contributed by atoms with Gasteiger partial charge < -0.3 is 11.1 Å². The van der Waals surface area contributed by atoms with E-state index in [0.717, 1.165) is 11.1 Å². The van der Waals surface area contributed by atoms with Crippen LogP contribution in [-0.4, -0.2) is 6.03 Å². The van der Waals surface area contributed by atoms with Crippen LogP contribution < -0.4 is 11.1 Å². The fraction of sp³-hybridized carbons (Fsp3) is 0.222. The Hall–Kier alpha value is -1.22. The summed E-state index contributed by atoms with van der Waals surface area (Å²) in [6.45, 7) is 3.80. The molecule has 0 radical (unpaired) electrons. The fourth-order valence-corrected chi connectivity index (χ4v) is 1.57. The molecule has 0 fully saturated rings. The third-order valence-corrected chi connectivity index (χ3v) is 1.98. The van der Waals surface area contributed by atoms with Gasteiger partial charge in [0, 0.05) is 0 Å². The van der Waals surface area contributed by atoms with E-state index in [1.165, 1.54) is 0 Å². The van der Waals surface area contributed by atoms with Gasteiger partial charge in [0.25, 0.3) is 0 Å². The number of halogens is 1. The second kappa shape index (κ2) is 3.66. The molecule has 1 aromatic rings. The summed E-state index contributed by atoms with van der Waals surface area (Å²) in [4.78, 5) is 10.6. The Kier molecular flexibility index (Phi) is 2.78. The summed E-state index contributed by atoms with van der Waals surface area (Å²) in [7, 11) is 0. The largest absolute Gasteiger partial charge is 0.351 e. The first-order chi connectivity index (χ1) is 6.00. The van der Waals surface area contributed by atoms with E-state index in [1.807, 2.05) is 19.9 Å². The fourth-order valence-electron chi connectivity index (χ4n) is 1.20. The number of amides is 2. The van der Waals surface area contributed by atoms with Gasteiger partial charge in [-0.1, -0.05) is 17.7 Å². The summed E-state index contributed by atoms with van der Waals surface area (Å²) in [5, 5.41) is 2.99. The van der Waals surface area contributed by atoms with Crippen LogP contribution in [0.4, 0.5) is 10.5 Å². The normalized spacial score (nSPS) is 9.77. The first-order valence-electron chi connectivity index (χ1n) is 3.84. The van der Waals surface area contributed by atoms with Gasteiger partial charge in [-0.25, -0.2) is 4.79 Å². The van der Waals surface area contributed by atoms with Crippen molar-refractivity contribution in [3.8, 4) is 0 Å². The smallest absolute Gasteiger partial charge is 0.316 e. The molecule has 0 atom stereocenters. The number of benzene rings is 1. The maximum Gasteiger partial charge on any atom is 0.316 e. The first-order valence-corrected chi connectivity index (χ1v) is 4.21. The Morgan fingerprint density at radius 2 is 2.08 bits per heavy atom. The van der Waals surface area contributed by atoms with Crippen LogP contribution in [0.15, 0.2) is 12.1 Å². The highest BCUT2D eigenvalue weighted by molar-refractivity contribution is 6.34. The van der Waals surface area contributed by atoms with Crippen molar-refractivity contribution in [1.29, 1.82) is 0 Å². The molecule has 3 nitrogen and oxygen atoms in total. The maximum absolute atomic E-state index is 10.6. The summed E-state index contributed by atoms with van der Waals surface area (Å²) >= 11 is 5.91. The van der Waals surface area contributed by atoms with Crippen molar-refractivity contribution < 1.29 is 4.79 Å². The number of aryl methyl sites for hydroxylation is 2. The third-order valence-electron chi connectivity index (χ3n) is 1.68. The van der Waals surface area contributed by atoms with E-state index < -0.39 is 6.03 Å². The van der Waals surface area contributed by atoms with E-state index in [2.05, 4.69) is 5.32 Å². The van der Waals surface area contributed by atoms with E-state index in [-0.39, 0.29) is 0 Å². The topological polar surface area (TPSA) is 55.1 Å². The second-order valence-electron chi connectivity index (χ2n) is 2.93. The van der Waals surface area contributed by atoms with Gasteiger partial charge in [-0.2, -0.15) is 0 Å². The van der Waals surface area contributed by atoms with Gasteiger partial charge in [0.1, 0.15) is 0 Å². The van der Waals surface area contributed by atoms with Gasteiger partial charge in [-0.05, 0) is 31.0 Å². The van der Waals surface area contributed by atoms with Crippen molar-refractivity contribution in [2.45, 2.75) is 13.8 Å². The zero-order valence-corrected chi connectivity index (χ0v) is 8.27. The predicted octanol–water partition coefficient (Wildman–Crippen LogP) is 2.45. The number of hydrogen-bond donors (Lipinski definition) is 2. The molecule has 2 amide bonds. The van der Waals surface area contributed by atoms with E-state index >= 15 is 0 Å². The summed E-state index contributed by atoms with van der Waals surface area (Å²) in [5.41, 5.74) is 7.53. The number of nitrogens with two attached hydrogens (primary N) is 1. The molecule has 0 unspecified atom stereocenters. The van der Waals surface area contributed by atoms with Crippen molar-refractivity contribution in [2.75, 3.05) is 5.32 Å². The van der Waals surface area contributed by atoms with E-state index in [4.69, 9.17) is 17.3 Å². The van der Waals surface area contributed by atoms with Crippen LogP contribution in [-0.2, 0) is 0 Å². The average molecular weight is 199 g/mol. The zero-order valence-electron chi connectivity index (χ0n) is 7.52. The number of hydrogen-bond acceptors (Lipinski definition) is 1. The van der Waals surface area contributed by atoms with Gasteiger partial charge in [-0.15, -0.1) is 0 Å². The van der Waals surface area contributed by atoms with Gasteiger partial charge in [0.15, 0.2) is 0 Å². The lowest BCUT2D eigenvalue weighted by atomic mass is 10.1. The summed E-state index contributed by atoms with van der Waals surface area (Å²) in [5.74, 6) is 0. The number of urea groups is 1. The molecule has 3 N–H and O–H groups in total. The summed E-state index contributed by atoms with van der Waals surface area (Å²) in [6, 6.07) is 3.10. The minimum absolute atomic E-state index is 0.510. The zero-order chi connectivity index (χ0) is 10.0. The Morgan fingerprint density at radius 3 is 2.54 bits per heavy atom. The van der Waals surface area contributed by atoms with Crippen LogP contribution in [0.25, 0.3) is 0 Å². The van der Waals surface area contributed by atoms with Crippen molar-refractivity contribution >= 4 is 23.3 Å². The molecule has 0 spiro atoms. The monoisotopic (exact) mass is 198 g/mol. The van der Waals surface area contributed by atoms with Crippen LogP contribution in [0.5, 0.6) is 0 Å². The van der Waals surface area contributed by atoms with Crippen LogP contribution in [0.3, 0.4) is 0 Å². The third kappa shape index (κ3) is 2.36. The first kappa shape index (κ1) is 9.86. The van der Waals surface area contributed by atoms with E-state index in [9.17, 15) is 4.79 Å². The number of carbonyl (C=O) groups excluding carboxylic acids is 1. The minimum Gasteiger partial charge on any atom is -0.351 e. The lowest BCUT2D eigenvalue weighted by Gasteiger charge is -2.09. The Morgan fingerprint density at radius 1 is 1.46 bits per heavy atom. The average Bonchev–Trinajstić information content (AvgIpc) is 1.96. The molecule has 1 aromatic carbocycles. The highest BCUT2D eigenvalue weighted by Gasteiger charge is 2.06. The van der Waals surface area contributed by atoms with Crippen LogP contribution in [0.1, 0.15) is 11.1 Å². The van der Waals surface area contributed by atoms with Crippen molar-refractivity contribution in [3.63, 3.8) is 0 Å². The summed E-state index contributed by atoms with van der Waals surface area (Å²) in [6.07, 6.45) is 0. The second-order valence-corrected chi connectivity index (χ2v) is 3.34. The predicted molar refractivity (Wildman–Crippen MR) is 54.1 cm³/mol. The lowest BCUT2D eigenvalue weighted by Crippen LogP contribution is -2.20. The molecule has 0 heterocycles. The number of nitrogens with one attached hydrogen (secondary N) is 1. The van der Waals surface area contributed by atoms with Crippen molar-refractivity contribution in [2.24, 2.45) is 5.73 Å². The molecular weight excluding hydrogens is 188 g/mol. The molecule has 13 heavy (non-hydrogen) atoms. The number of primary amides is 1. The van der Waals surface area contributed by atoms with Gasteiger partial charge >= 0.3 is 6.03 Å². The standard InChI is InChI=1S/C9H11ClN2O/c1-5-3-6(2)8(7(10)4-5)12-9(11)13/h3-4H,1-2H3,(H3,11,12,13). The summed E-state index contributed by atoms with van der Waals surface area (Å²) < 4.78 is 0. The van der Waals surface area contributed by atoms with Crippen LogP contribution in [0, 0.1) is 13.8 Å². The van der Waals surface area contributed by atoms with Gasteiger partial charge in [0.05, 0.1) is 10.7 Å². The minimum atomic E-state index is -0.603. The van der Waals surface area contributed by atoms with Crippen LogP contribution >= 0.6 is 11.6 Å². The molecule has 0 saturated heterocycles. The Labute approximate surface area is 81.9 Å². The molecule has 0 saturated carbocycles. The van der Waals surface area contributed by atoms with E-state index in [1.54, 1.807) is 6.07 Å². The Bertz CT molecular complexity index is 326. The molecule has 0 aliphatic rings. The molecule has 0 aromatic heterocycles. The van der Waals surface area contributed by atoms with Crippen LogP contribution in [0.2, 0.25) is 5.02 Å². The molecule has 1 rings (SSSR count). The van der Waals surface area contributed by atoms with Crippen molar-refractivity contribution in [3.05, 3.63) is 28.3 Å². The molecule has 70 valence electrons. The number of rotatable bonds is 1. The van der Waals surface area contributed by atoms with Gasteiger partial charge in [0.2, 0.25) is 0 Å². The lowest BCUT2D eigenvalue weighted by molar-refractivity contribution is 0.259.